The second kappa shape index (κ2) is 7.09. The lowest BCUT2D eigenvalue weighted by molar-refractivity contribution is -0.122. The number of carbonyl (C=O) groups excluding carboxylic acids is 1. The summed E-state index contributed by atoms with van der Waals surface area (Å²) in [5.41, 5.74) is 5.26. The van der Waals surface area contributed by atoms with E-state index in [1.54, 1.807) is 0 Å². The van der Waals surface area contributed by atoms with Crippen molar-refractivity contribution in [3.8, 4) is 0 Å². The van der Waals surface area contributed by atoms with Crippen LogP contribution in [0.3, 0.4) is 0 Å². The summed E-state index contributed by atoms with van der Waals surface area (Å²) >= 11 is 0. The molecule has 3 N–H and O–H groups in total. The van der Waals surface area contributed by atoms with E-state index < -0.39 is 9.84 Å². The molecule has 0 atom stereocenters. The van der Waals surface area contributed by atoms with Crippen LogP contribution >= 0.6 is 0 Å². The van der Waals surface area contributed by atoms with Crippen molar-refractivity contribution in [2.45, 2.75) is 45.1 Å². The number of amides is 1. The Kier molecular flexibility index (Phi) is 6.08. The van der Waals surface area contributed by atoms with Crippen LogP contribution in [0.4, 0.5) is 0 Å². The maximum atomic E-state index is 11.5. The molecule has 106 valence electrons. The minimum Gasteiger partial charge on any atom is -0.369 e. The zero-order valence-corrected chi connectivity index (χ0v) is 11.8. The van der Waals surface area contributed by atoms with Gasteiger partial charge in [0.1, 0.15) is 0 Å². The van der Waals surface area contributed by atoms with Crippen molar-refractivity contribution >= 4 is 15.7 Å². The number of primary amides is 1. The molecule has 0 aromatic heterocycles. The van der Waals surface area contributed by atoms with Crippen LogP contribution in [0.25, 0.3) is 0 Å². The number of sulfone groups is 1. The normalized spacial score (nSPS) is 24.9. The van der Waals surface area contributed by atoms with E-state index in [2.05, 4.69) is 5.32 Å². The molecule has 0 spiro atoms. The van der Waals surface area contributed by atoms with Gasteiger partial charge in [-0.05, 0) is 32.1 Å². The highest BCUT2D eigenvalue weighted by molar-refractivity contribution is 7.91. The fraction of sp³-hybridized carbons (Fsp3) is 0.917. The maximum absolute atomic E-state index is 11.5. The van der Waals surface area contributed by atoms with E-state index in [1.165, 1.54) is 0 Å². The van der Waals surface area contributed by atoms with E-state index in [-0.39, 0.29) is 23.3 Å². The molecular weight excluding hydrogens is 252 g/mol. The monoisotopic (exact) mass is 276 g/mol. The average molecular weight is 276 g/mol. The Morgan fingerprint density at radius 1 is 1.22 bits per heavy atom. The Hall–Kier alpha value is -0.620. The molecule has 18 heavy (non-hydrogen) atoms. The van der Waals surface area contributed by atoms with Crippen LogP contribution in [-0.2, 0) is 14.6 Å². The quantitative estimate of drug-likeness (QED) is 0.706. The summed E-state index contributed by atoms with van der Waals surface area (Å²) in [5.74, 6) is 0.269. The van der Waals surface area contributed by atoms with Crippen LogP contribution in [-0.4, -0.2) is 38.4 Å². The highest BCUT2D eigenvalue weighted by Crippen LogP contribution is 2.23. The minimum atomic E-state index is -2.89. The molecular formula is C12H24N2O3S. The van der Waals surface area contributed by atoms with Gasteiger partial charge in [-0.15, -0.1) is 0 Å². The first-order valence-corrected chi connectivity index (χ1v) is 8.50. The summed E-state index contributed by atoms with van der Waals surface area (Å²) < 4.78 is 23.0. The molecule has 5 nitrogen and oxygen atoms in total. The summed E-state index contributed by atoms with van der Waals surface area (Å²) in [7, 11) is -2.89. The number of nitrogens with one attached hydrogen (secondary N) is 1. The smallest absolute Gasteiger partial charge is 0.220 e. The van der Waals surface area contributed by atoms with E-state index in [0.717, 1.165) is 25.7 Å². The summed E-state index contributed by atoms with van der Waals surface area (Å²) in [6.07, 6.45) is 4.11. The highest BCUT2D eigenvalue weighted by atomic mass is 32.2. The molecule has 0 aromatic carbocycles. The van der Waals surface area contributed by atoms with E-state index in [1.807, 2.05) is 6.92 Å². The zero-order chi connectivity index (χ0) is 13.6. The summed E-state index contributed by atoms with van der Waals surface area (Å²) in [4.78, 5) is 11.0. The molecule has 1 rings (SSSR count). The van der Waals surface area contributed by atoms with Crippen molar-refractivity contribution in [3.05, 3.63) is 0 Å². The van der Waals surface area contributed by atoms with Gasteiger partial charge in [0.05, 0.1) is 5.75 Å². The lowest BCUT2D eigenvalue weighted by Crippen LogP contribution is -2.38. The molecule has 1 fully saturated rings. The van der Waals surface area contributed by atoms with Gasteiger partial charge >= 0.3 is 0 Å². The molecule has 0 saturated heterocycles. The first-order chi connectivity index (χ1) is 8.44. The van der Waals surface area contributed by atoms with Crippen molar-refractivity contribution < 1.29 is 13.2 Å². The molecule has 1 aliphatic rings. The number of hydrogen-bond donors (Lipinski definition) is 2. The molecule has 0 bridgehead atoms. The molecule has 0 unspecified atom stereocenters. The molecule has 0 aromatic rings. The van der Waals surface area contributed by atoms with Crippen LogP contribution < -0.4 is 11.1 Å². The number of rotatable bonds is 7. The van der Waals surface area contributed by atoms with Gasteiger partial charge in [0.25, 0.3) is 0 Å². The van der Waals surface area contributed by atoms with Gasteiger partial charge in [-0.2, -0.15) is 0 Å². The lowest BCUT2D eigenvalue weighted by Gasteiger charge is -2.27. The Morgan fingerprint density at radius 3 is 2.33 bits per heavy atom. The summed E-state index contributed by atoms with van der Waals surface area (Å²) in [6, 6.07) is 0.331. The second-order valence-electron chi connectivity index (χ2n) is 5.06. The van der Waals surface area contributed by atoms with E-state index in [9.17, 15) is 13.2 Å². The van der Waals surface area contributed by atoms with Crippen molar-refractivity contribution in [3.63, 3.8) is 0 Å². The first-order valence-electron chi connectivity index (χ1n) is 6.67. The van der Waals surface area contributed by atoms with Gasteiger partial charge in [0.2, 0.25) is 5.91 Å². The predicted molar refractivity (Wildman–Crippen MR) is 71.9 cm³/mol. The topological polar surface area (TPSA) is 89.3 Å². The van der Waals surface area contributed by atoms with Crippen molar-refractivity contribution in [2.24, 2.45) is 11.7 Å². The largest absolute Gasteiger partial charge is 0.369 e. The molecule has 1 aliphatic carbocycles. The molecule has 1 saturated carbocycles. The lowest BCUT2D eigenvalue weighted by atomic mass is 9.86. The third kappa shape index (κ3) is 5.35. The Morgan fingerprint density at radius 2 is 1.83 bits per heavy atom. The van der Waals surface area contributed by atoms with E-state index in [4.69, 9.17) is 5.73 Å². The van der Waals surface area contributed by atoms with Gasteiger partial charge in [-0.25, -0.2) is 8.42 Å². The average Bonchev–Trinajstić information content (AvgIpc) is 2.29. The van der Waals surface area contributed by atoms with Crippen molar-refractivity contribution in [1.29, 1.82) is 0 Å². The Bertz CT molecular complexity index is 360. The number of carbonyl (C=O) groups is 1. The summed E-state index contributed by atoms with van der Waals surface area (Å²) in [5, 5.41) is 3.26. The Labute approximate surface area is 109 Å². The fourth-order valence-electron chi connectivity index (χ4n) is 2.41. The standard InChI is InChI=1S/C12H24N2O3S/c1-2-8-18(16,17)9-7-14-11-5-3-10(4-6-11)12(13)15/h10-11,14H,2-9H2,1H3,(H2,13,15). The zero-order valence-electron chi connectivity index (χ0n) is 11.0. The first kappa shape index (κ1) is 15.4. The van der Waals surface area contributed by atoms with Crippen LogP contribution in [0.1, 0.15) is 39.0 Å². The molecule has 0 heterocycles. The van der Waals surface area contributed by atoms with Gasteiger partial charge in [0.15, 0.2) is 9.84 Å². The second-order valence-corrected chi connectivity index (χ2v) is 7.36. The van der Waals surface area contributed by atoms with Crippen molar-refractivity contribution in [1.82, 2.24) is 5.32 Å². The van der Waals surface area contributed by atoms with E-state index in [0.29, 0.717) is 19.0 Å². The fourth-order valence-corrected chi connectivity index (χ4v) is 3.67. The van der Waals surface area contributed by atoms with Crippen LogP contribution in [0.2, 0.25) is 0 Å². The number of hydrogen-bond acceptors (Lipinski definition) is 4. The molecule has 1 amide bonds. The van der Waals surface area contributed by atoms with Crippen LogP contribution in [0, 0.1) is 5.92 Å². The van der Waals surface area contributed by atoms with Gasteiger partial charge in [-0.3, -0.25) is 4.79 Å². The molecule has 6 heteroatoms. The highest BCUT2D eigenvalue weighted by Gasteiger charge is 2.24. The van der Waals surface area contributed by atoms with Gasteiger partial charge in [-0.1, -0.05) is 6.92 Å². The van der Waals surface area contributed by atoms with Gasteiger partial charge in [0, 0.05) is 24.3 Å². The van der Waals surface area contributed by atoms with Crippen LogP contribution in [0.5, 0.6) is 0 Å². The van der Waals surface area contributed by atoms with Gasteiger partial charge < -0.3 is 11.1 Å². The SMILES string of the molecule is CCCS(=O)(=O)CCNC1CCC(C(N)=O)CC1. The number of nitrogens with two attached hydrogens (primary N) is 1. The van der Waals surface area contributed by atoms with Crippen molar-refractivity contribution in [2.75, 3.05) is 18.1 Å². The molecule has 0 radical (unpaired) electrons. The van der Waals surface area contributed by atoms with E-state index >= 15 is 0 Å². The predicted octanol–water partition coefficient (Wildman–Crippen LogP) is 0.445. The maximum Gasteiger partial charge on any atom is 0.220 e. The molecule has 0 aliphatic heterocycles. The third-order valence-electron chi connectivity index (χ3n) is 3.49. The summed E-state index contributed by atoms with van der Waals surface area (Å²) in [6.45, 7) is 2.38. The third-order valence-corrected chi connectivity index (χ3v) is 5.35. The minimum absolute atomic E-state index is 0.00636. The Balaban J connectivity index is 2.20. The van der Waals surface area contributed by atoms with Crippen LogP contribution in [0.15, 0.2) is 0 Å².